The third-order valence-electron chi connectivity index (χ3n) is 2.98. The molecule has 2 aromatic carbocycles. The van der Waals surface area contributed by atoms with Gasteiger partial charge < -0.3 is 9.52 Å². The van der Waals surface area contributed by atoms with Crippen molar-refractivity contribution in [3.63, 3.8) is 0 Å². The van der Waals surface area contributed by atoms with Gasteiger partial charge in [0.15, 0.2) is 0 Å². The summed E-state index contributed by atoms with van der Waals surface area (Å²) >= 11 is 0. The molecule has 0 aliphatic rings. The summed E-state index contributed by atoms with van der Waals surface area (Å²) in [6, 6.07) is 10.8. The van der Waals surface area contributed by atoms with Gasteiger partial charge >= 0.3 is 6.01 Å². The minimum Gasteiger partial charge on any atom is -0.506 e. The number of anilines is 1. The molecule has 0 saturated carbocycles. The van der Waals surface area contributed by atoms with Gasteiger partial charge in [-0.1, -0.05) is 30.3 Å². The normalized spacial score (nSPS) is 10.7. The van der Waals surface area contributed by atoms with Gasteiger partial charge in [-0.2, -0.15) is 4.98 Å². The number of carbonyl (C=O) groups excluding carboxylic acids is 1. The lowest BCUT2D eigenvalue weighted by molar-refractivity contribution is 0.102. The fourth-order valence-electron chi connectivity index (χ4n) is 2.01. The van der Waals surface area contributed by atoms with Crippen molar-refractivity contribution in [2.24, 2.45) is 0 Å². The van der Waals surface area contributed by atoms with E-state index < -0.39 is 5.91 Å². The number of hydrogen-bond donors (Lipinski definition) is 2. The van der Waals surface area contributed by atoms with Crippen LogP contribution in [0.15, 0.2) is 47.1 Å². The molecule has 0 saturated heterocycles. The smallest absolute Gasteiger partial charge is 0.301 e. The number of aromatic nitrogens is 1. The Morgan fingerprint density at radius 3 is 2.80 bits per heavy atom. The first-order valence-electron chi connectivity index (χ1n) is 6.09. The second kappa shape index (κ2) is 4.70. The number of nitrogens with zero attached hydrogens (tertiary/aromatic N) is 1. The maximum Gasteiger partial charge on any atom is 0.301 e. The number of carbonyl (C=O) groups is 1. The lowest BCUT2D eigenvalue weighted by Crippen LogP contribution is -2.12. The van der Waals surface area contributed by atoms with Crippen molar-refractivity contribution in [3.05, 3.63) is 53.9 Å². The molecule has 0 aliphatic heterocycles. The standard InChI is InChI=1S/C15H12N2O3/c1-9-8-20-15(16-9)17-14(19)12-7-6-10-4-2-3-5-11(10)13(12)18/h2-8,18H,1H3,(H,16,17,19). The Bertz CT molecular complexity index is 793. The average Bonchev–Trinajstić information content (AvgIpc) is 2.84. The van der Waals surface area contributed by atoms with Crippen LogP contribution in [0.4, 0.5) is 6.01 Å². The van der Waals surface area contributed by atoms with E-state index in [0.29, 0.717) is 11.1 Å². The van der Waals surface area contributed by atoms with E-state index in [9.17, 15) is 9.90 Å². The largest absolute Gasteiger partial charge is 0.506 e. The summed E-state index contributed by atoms with van der Waals surface area (Å²) < 4.78 is 5.06. The van der Waals surface area contributed by atoms with Crippen LogP contribution in [-0.2, 0) is 0 Å². The molecule has 5 nitrogen and oxygen atoms in total. The van der Waals surface area contributed by atoms with Crippen molar-refractivity contribution in [1.82, 2.24) is 4.98 Å². The number of nitrogens with one attached hydrogen (secondary N) is 1. The van der Waals surface area contributed by atoms with E-state index in [0.717, 1.165) is 5.39 Å². The fraction of sp³-hybridized carbons (Fsp3) is 0.0667. The fourth-order valence-corrected chi connectivity index (χ4v) is 2.01. The van der Waals surface area contributed by atoms with Gasteiger partial charge in [0.2, 0.25) is 0 Å². The van der Waals surface area contributed by atoms with Gasteiger partial charge in [0.25, 0.3) is 5.91 Å². The second-order valence-electron chi connectivity index (χ2n) is 4.43. The molecule has 0 radical (unpaired) electrons. The Hall–Kier alpha value is -2.82. The van der Waals surface area contributed by atoms with Crippen LogP contribution >= 0.6 is 0 Å². The van der Waals surface area contributed by atoms with Crippen LogP contribution in [-0.4, -0.2) is 16.0 Å². The van der Waals surface area contributed by atoms with Gasteiger partial charge in [-0.3, -0.25) is 10.1 Å². The number of aryl methyl sites for hydroxylation is 1. The Labute approximate surface area is 114 Å². The predicted molar refractivity (Wildman–Crippen MR) is 74.8 cm³/mol. The van der Waals surface area contributed by atoms with Gasteiger partial charge in [0.05, 0.1) is 11.3 Å². The number of phenols is 1. The first-order chi connectivity index (χ1) is 9.65. The molecule has 0 atom stereocenters. The van der Waals surface area contributed by atoms with Crippen LogP contribution in [0.25, 0.3) is 10.8 Å². The third kappa shape index (κ3) is 2.09. The highest BCUT2D eigenvalue weighted by atomic mass is 16.4. The SMILES string of the molecule is Cc1coc(NC(=O)c2ccc3ccccc3c2O)n1. The Morgan fingerprint density at radius 2 is 2.05 bits per heavy atom. The molecule has 0 aliphatic carbocycles. The summed E-state index contributed by atoms with van der Waals surface area (Å²) in [5.41, 5.74) is 0.850. The van der Waals surface area contributed by atoms with Crippen LogP contribution in [0.3, 0.4) is 0 Å². The van der Waals surface area contributed by atoms with E-state index >= 15 is 0 Å². The second-order valence-corrected chi connectivity index (χ2v) is 4.43. The van der Waals surface area contributed by atoms with Crippen molar-refractivity contribution < 1.29 is 14.3 Å². The average molecular weight is 268 g/mol. The highest BCUT2D eigenvalue weighted by Gasteiger charge is 2.15. The van der Waals surface area contributed by atoms with Crippen LogP contribution in [0, 0.1) is 6.92 Å². The van der Waals surface area contributed by atoms with E-state index in [4.69, 9.17) is 4.42 Å². The Morgan fingerprint density at radius 1 is 1.25 bits per heavy atom. The molecule has 20 heavy (non-hydrogen) atoms. The summed E-state index contributed by atoms with van der Waals surface area (Å²) in [5, 5.41) is 14.2. The minimum absolute atomic E-state index is 0.0520. The molecule has 0 unspecified atom stereocenters. The number of rotatable bonds is 2. The predicted octanol–water partition coefficient (Wildman–Crippen LogP) is 3.09. The van der Waals surface area contributed by atoms with E-state index in [1.54, 1.807) is 31.2 Å². The minimum atomic E-state index is -0.463. The molecular formula is C15H12N2O3. The summed E-state index contributed by atoms with van der Waals surface area (Å²) in [6.45, 7) is 1.76. The van der Waals surface area contributed by atoms with Crippen molar-refractivity contribution in [3.8, 4) is 5.75 Å². The molecule has 100 valence electrons. The first-order valence-corrected chi connectivity index (χ1v) is 6.09. The van der Waals surface area contributed by atoms with Gasteiger partial charge in [-0.15, -0.1) is 0 Å². The molecule has 0 spiro atoms. The molecule has 1 aromatic heterocycles. The molecule has 2 N–H and O–H groups in total. The van der Waals surface area contributed by atoms with Crippen molar-refractivity contribution in [2.45, 2.75) is 6.92 Å². The van der Waals surface area contributed by atoms with Crippen molar-refractivity contribution in [2.75, 3.05) is 5.32 Å². The van der Waals surface area contributed by atoms with Gasteiger partial charge in [0, 0.05) is 5.39 Å². The number of phenolic OH excluding ortho intramolecular Hbond substituents is 1. The quantitative estimate of drug-likeness (QED) is 0.748. The van der Waals surface area contributed by atoms with E-state index in [1.807, 2.05) is 12.1 Å². The molecule has 5 heteroatoms. The molecule has 3 rings (SSSR count). The van der Waals surface area contributed by atoms with Crippen LogP contribution in [0.2, 0.25) is 0 Å². The zero-order valence-electron chi connectivity index (χ0n) is 10.8. The van der Waals surface area contributed by atoms with Crippen molar-refractivity contribution >= 4 is 22.7 Å². The molecule has 1 amide bonds. The maximum atomic E-state index is 12.1. The number of benzene rings is 2. The van der Waals surface area contributed by atoms with Crippen LogP contribution < -0.4 is 5.32 Å². The number of fused-ring (bicyclic) bond motifs is 1. The highest BCUT2D eigenvalue weighted by molar-refractivity contribution is 6.09. The zero-order chi connectivity index (χ0) is 14.1. The number of amides is 1. The lowest BCUT2D eigenvalue weighted by Gasteiger charge is -2.07. The van der Waals surface area contributed by atoms with Gasteiger partial charge in [0.1, 0.15) is 12.0 Å². The first kappa shape index (κ1) is 12.2. The van der Waals surface area contributed by atoms with E-state index in [-0.39, 0.29) is 17.3 Å². The summed E-state index contributed by atoms with van der Waals surface area (Å²) in [5.74, 6) is -0.515. The lowest BCUT2D eigenvalue weighted by atomic mass is 10.0. The number of oxazole rings is 1. The summed E-state index contributed by atoms with van der Waals surface area (Å²) in [4.78, 5) is 16.1. The third-order valence-corrected chi connectivity index (χ3v) is 2.98. The summed E-state index contributed by atoms with van der Waals surface area (Å²) in [6.07, 6.45) is 1.44. The van der Waals surface area contributed by atoms with Gasteiger partial charge in [-0.25, -0.2) is 0 Å². The van der Waals surface area contributed by atoms with E-state index in [1.165, 1.54) is 6.26 Å². The molecular weight excluding hydrogens is 256 g/mol. The Kier molecular flexibility index (Phi) is 2.87. The molecule has 0 bridgehead atoms. The van der Waals surface area contributed by atoms with Crippen LogP contribution in [0.5, 0.6) is 5.75 Å². The summed E-state index contributed by atoms with van der Waals surface area (Å²) in [7, 11) is 0. The van der Waals surface area contributed by atoms with Crippen molar-refractivity contribution in [1.29, 1.82) is 0 Å². The van der Waals surface area contributed by atoms with Gasteiger partial charge in [-0.05, 0) is 18.4 Å². The Balaban J connectivity index is 1.97. The molecule has 1 heterocycles. The molecule has 0 fully saturated rings. The maximum absolute atomic E-state index is 12.1. The topological polar surface area (TPSA) is 75.4 Å². The monoisotopic (exact) mass is 268 g/mol. The molecule has 3 aromatic rings. The number of aromatic hydroxyl groups is 1. The van der Waals surface area contributed by atoms with Crippen LogP contribution in [0.1, 0.15) is 16.1 Å². The number of hydrogen-bond acceptors (Lipinski definition) is 4. The van der Waals surface area contributed by atoms with E-state index in [2.05, 4.69) is 10.3 Å². The zero-order valence-corrected chi connectivity index (χ0v) is 10.8. The highest BCUT2D eigenvalue weighted by Crippen LogP contribution is 2.29.